The van der Waals surface area contributed by atoms with Crippen LogP contribution in [0.4, 0.5) is 10.5 Å². The first-order chi connectivity index (χ1) is 6.99. The quantitative estimate of drug-likeness (QED) is 0.891. The molecule has 15 heavy (non-hydrogen) atoms. The molecule has 0 bridgehead atoms. The van der Waals surface area contributed by atoms with Crippen LogP contribution in [0, 0.1) is 6.92 Å². The van der Waals surface area contributed by atoms with Gasteiger partial charge >= 0.3 is 6.09 Å². The number of anilines is 1. The Kier molecular flexibility index (Phi) is 4.15. The Hall–Kier alpha value is -1.03. The van der Waals surface area contributed by atoms with E-state index in [1.807, 2.05) is 39.0 Å². The number of aryl methyl sites for hydroxylation is 1. The normalized spacial score (nSPS) is 10.2. The summed E-state index contributed by atoms with van der Waals surface area (Å²) >= 11 is 3.39. The van der Waals surface area contributed by atoms with E-state index in [0.717, 1.165) is 15.7 Å². The first-order valence-corrected chi connectivity index (χ1v) is 5.52. The van der Waals surface area contributed by atoms with Crippen LogP contribution >= 0.6 is 15.9 Å². The highest BCUT2D eigenvalue weighted by Gasteiger charge is 2.05. The average Bonchev–Trinajstić information content (AvgIpc) is 2.10. The van der Waals surface area contributed by atoms with Crippen molar-refractivity contribution in [3.05, 3.63) is 28.2 Å². The molecule has 0 saturated carbocycles. The third-order valence-corrected chi connectivity index (χ3v) is 2.62. The second kappa shape index (κ2) is 5.16. The molecule has 0 radical (unpaired) electrons. The van der Waals surface area contributed by atoms with Crippen LogP contribution in [-0.2, 0) is 4.74 Å². The Morgan fingerprint density at radius 2 is 2.13 bits per heavy atom. The minimum atomic E-state index is -0.430. The van der Waals surface area contributed by atoms with Crippen LogP contribution in [0.5, 0.6) is 0 Å². The Bertz CT molecular complexity index is 364. The molecule has 1 amide bonds. The van der Waals surface area contributed by atoms with E-state index in [-0.39, 0.29) is 6.10 Å². The molecule has 0 aliphatic carbocycles. The van der Waals surface area contributed by atoms with Gasteiger partial charge in [0.2, 0.25) is 0 Å². The molecule has 0 heterocycles. The number of halogens is 1. The second-order valence-corrected chi connectivity index (χ2v) is 4.40. The fourth-order valence-electron chi connectivity index (χ4n) is 1.03. The average molecular weight is 272 g/mol. The van der Waals surface area contributed by atoms with Gasteiger partial charge in [0.15, 0.2) is 0 Å². The molecule has 0 aliphatic rings. The number of rotatable bonds is 2. The zero-order valence-corrected chi connectivity index (χ0v) is 10.6. The molecule has 4 heteroatoms. The molecule has 0 fully saturated rings. The number of hydrogen-bond acceptors (Lipinski definition) is 2. The first kappa shape index (κ1) is 12.0. The minimum Gasteiger partial charge on any atom is -0.447 e. The lowest BCUT2D eigenvalue weighted by Crippen LogP contribution is -2.17. The summed E-state index contributed by atoms with van der Waals surface area (Å²) in [7, 11) is 0. The zero-order valence-electron chi connectivity index (χ0n) is 9.00. The van der Waals surface area contributed by atoms with Crippen molar-refractivity contribution in [1.82, 2.24) is 0 Å². The second-order valence-electron chi connectivity index (χ2n) is 3.54. The molecule has 1 aromatic carbocycles. The molecule has 0 saturated heterocycles. The smallest absolute Gasteiger partial charge is 0.411 e. The monoisotopic (exact) mass is 271 g/mol. The molecule has 0 aromatic heterocycles. The lowest BCUT2D eigenvalue weighted by atomic mass is 10.2. The van der Waals surface area contributed by atoms with Crippen LogP contribution in [0.15, 0.2) is 22.7 Å². The van der Waals surface area contributed by atoms with Gasteiger partial charge in [0, 0.05) is 10.2 Å². The van der Waals surface area contributed by atoms with Gasteiger partial charge in [-0.15, -0.1) is 0 Å². The molecule has 0 unspecified atom stereocenters. The SMILES string of the molecule is Cc1ccc(NC(=O)OC(C)C)cc1Br. The summed E-state index contributed by atoms with van der Waals surface area (Å²) in [6.07, 6.45) is -0.542. The van der Waals surface area contributed by atoms with E-state index in [2.05, 4.69) is 21.2 Å². The summed E-state index contributed by atoms with van der Waals surface area (Å²) in [6.45, 7) is 5.61. The van der Waals surface area contributed by atoms with Crippen molar-refractivity contribution in [2.24, 2.45) is 0 Å². The maximum atomic E-state index is 11.3. The van der Waals surface area contributed by atoms with Crippen molar-refractivity contribution in [2.45, 2.75) is 26.9 Å². The van der Waals surface area contributed by atoms with Gasteiger partial charge < -0.3 is 4.74 Å². The van der Waals surface area contributed by atoms with Crippen molar-refractivity contribution in [3.8, 4) is 0 Å². The van der Waals surface area contributed by atoms with Crippen LogP contribution in [0.2, 0.25) is 0 Å². The van der Waals surface area contributed by atoms with Crippen LogP contribution in [0.1, 0.15) is 19.4 Å². The topological polar surface area (TPSA) is 38.3 Å². The number of amides is 1. The third-order valence-electron chi connectivity index (χ3n) is 1.76. The Balaban J connectivity index is 2.65. The van der Waals surface area contributed by atoms with Gasteiger partial charge in [-0.25, -0.2) is 4.79 Å². The summed E-state index contributed by atoms with van der Waals surface area (Å²) in [5, 5.41) is 2.65. The minimum absolute atomic E-state index is 0.112. The predicted molar refractivity (Wildman–Crippen MR) is 64.1 cm³/mol. The molecule has 0 aliphatic heterocycles. The maximum Gasteiger partial charge on any atom is 0.411 e. The van der Waals surface area contributed by atoms with Crippen molar-refractivity contribution in [1.29, 1.82) is 0 Å². The van der Waals surface area contributed by atoms with Crippen LogP contribution < -0.4 is 5.32 Å². The highest BCUT2D eigenvalue weighted by Crippen LogP contribution is 2.20. The van der Waals surface area contributed by atoms with E-state index in [9.17, 15) is 4.79 Å². The molecule has 0 spiro atoms. The Morgan fingerprint density at radius 1 is 1.47 bits per heavy atom. The van der Waals surface area contributed by atoms with Crippen molar-refractivity contribution in [2.75, 3.05) is 5.32 Å². The standard InChI is InChI=1S/C11H14BrNO2/c1-7(2)15-11(14)13-9-5-4-8(3)10(12)6-9/h4-7H,1-3H3,(H,13,14). The summed E-state index contributed by atoms with van der Waals surface area (Å²) in [5.41, 5.74) is 1.84. The predicted octanol–water partition coefficient (Wildman–Crippen LogP) is 3.71. The van der Waals surface area contributed by atoms with Gasteiger partial charge in [-0.2, -0.15) is 0 Å². The molecule has 3 nitrogen and oxygen atoms in total. The highest BCUT2D eigenvalue weighted by atomic mass is 79.9. The summed E-state index contributed by atoms with van der Waals surface area (Å²) in [4.78, 5) is 11.3. The van der Waals surface area contributed by atoms with Crippen LogP contribution in [-0.4, -0.2) is 12.2 Å². The molecule has 1 N–H and O–H groups in total. The number of nitrogens with one attached hydrogen (secondary N) is 1. The van der Waals surface area contributed by atoms with E-state index in [1.54, 1.807) is 0 Å². The van der Waals surface area contributed by atoms with Gasteiger partial charge in [0.25, 0.3) is 0 Å². The maximum absolute atomic E-state index is 11.3. The van der Waals surface area contributed by atoms with Gasteiger partial charge in [-0.05, 0) is 38.5 Å². The number of benzene rings is 1. The lowest BCUT2D eigenvalue weighted by Gasteiger charge is -2.10. The highest BCUT2D eigenvalue weighted by molar-refractivity contribution is 9.10. The van der Waals surface area contributed by atoms with Gasteiger partial charge in [0.05, 0.1) is 6.10 Å². The van der Waals surface area contributed by atoms with E-state index >= 15 is 0 Å². The number of carbonyl (C=O) groups is 1. The van der Waals surface area contributed by atoms with Gasteiger partial charge in [-0.1, -0.05) is 22.0 Å². The molecule has 0 atom stereocenters. The molecule has 1 aromatic rings. The van der Waals surface area contributed by atoms with Crippen molar-refractivity contribution < 1.29 is 9.53 Å². The molecular formula is C11H14BrNO2. The van der Waals surface area contributed by atoms with Crippen molar-refractivity contribution in [3.63, 3.8) is 0 Å². The van der Waals surface area contributed by atoms with Gasteiger partial charge in [0.1, 0.15) is 0 Å². The van der Waals surface area contributed by atoms with Crippen molar-refractivity contribution >= 4 is 27.7 Å². The van der Waals surface area contributed by atoms with Crippen LogP contribution in [0.3, 0.4) is 0 Å². The number of carbonyl (C=O) groups excluding carboxylic acids is 1. The number of hydrogen-bond donors (Lipinski definition) is 1. The number of ether oxygens (including phenoxy) is 1. The summed E-state index contributed by atoms with van der Waals surface area (Å²) in [5.74, 6) is 0. The summed E-state index contributed by atoms with van der Waals surface area (Å²) in [6, 6.07) is 5.60. The molecule has 1 rings (SSSR count). The molecule has 82 valence electrons. The zero-order chi connectivity index (χ0) is 11.4. The Morgan fingerprint density at radius 3 is 2.67 bits per heavy atom. The fraction of sp³-hybridized carbons (Fsp3) is 0.364. The Labute approximate surface area is 97.9 Å². The largest absolute Gasteiger partial charge is 0.447 e. The van der Waals surface area contributed by atoms with E-state index in [0.29, 0.717) is 0 Å². The van der Waals surface area contributed by atoms with Crippen LogP contribution in [0.25, 0.3) is 0 Å². The van der Waals surface area contributed by atoms with E-state index < -0.39 is 6.09 Å². The van der Waals surface area contributed by atoms with Gasteiger partial charge in [-0.3, -0.25) is 5.32 Å². The summed E-state index contributed by atoms with van der Waals surface area (Å²) < 4.78 is 5.92. The first-order valence-electron chi connectivity index (χ1n) is 4.73. The van der Waals surface area contributed by atoms with E-state index in [4.69, 9.17) is 4.74 Å². The lowest BCUT2D eigenvalue weighted by molar-refractivity contribution is 0.130. The third kappa shape index (κ3) is 3.91. The molecular weight excluding hydrogens is 258 g/mol. The van der Waals surface area contributed by atoms with E-state index in [1.165, 1.54) is 0 Å². The fourth-order valence-corrected chi connectivity index (χ4v) is 1.41.